The van der Waals surface area contributed by atoms with Gasteiger partial charge in [0.2, 0.25) is 0 Å². The Labute approximate surface area is 249 Å². The number of ketones is 2. The fourth-order valence-corrected chi connectivity index (χ4v) is 3.69. The van der Waals surface area contributed by atoms with E-state index in [-0.39, 0.29) is 98.1 Å². The van der Waals surface area contributed by atoms with E-state index in [0.29, 0.717) is 5.56 Å². The van der Waals surface area contributed by atoms with Gasteiger partial charge in [-0.15, -0.1) is 5.76 Å². The molecule has 3 rings (SSSR count). The fourth-order valence-electron chi connectivity index (χ4n) is 3.69. The molecule has 0 bridgehead atoms. The van der Waals surface area contributed by atoms with E-state index in [1.807, 2.05) is 13.8 Å². The second-order valence-corrected chi connectivity index (χ2v) is 9.12. The molecule has 1 fully saturated rings. The summed E-state index contributed by atoms with van der Waals surface area (Å²) in [6, 6.07) is 1.48. The van der Waals surface area contributed by atoms with Crippen LogP contribution in [0.2, 0.25) is 0 Å². The van der Waals surface area contributed by atoms with Gasteiger partial charge in [-0.3, -0.25) is 19.4 Å². The predicted molar refractivity (Wildman–Crippen MR) is 131 cm³/mol. The van der Waals surface area contributed by atoms with Gasteiger partial charge in [0, 0.05) is 43.6 Å². The standard InChI is InChI=1S/C15H19N3O4.C10H12O5.Ca/c1-8(2)15(3)14(21)17-12(18-15)11-10(13(19)20)5-9(6-16-11)7-22-4;1-2-6(11)9-7(12)3-5(10(14)15)4-8(9)13;/h5-6,8H,7H2,1-4H3,(H,19,20)(H,17,18,21);5,11H,2-4H2,1H3,(H,14,15);/q;;+2/p-2. The van der Waals surface area contributed by atoms with Crippen LogP contribution in [0.3, 0.4) is 0 Å². The number of carbonyl (C=O) groups excluding carboxylic acids is 4. The summed E-state index contributed by atoms with van der Waals surface area (Å²) in [6.45, 7) is 7.30. The van der Waals surface area contributed by atoms with Gasteiger partial charge >= 0.3 is 43.7 Å². The van der Waals surface area contributed by atoms with E-state index in [1.54, 1.807) is 13.8 Å². The molecule has 2 heterocycles. The number of amides is 1. The maximum atomic E-state index is 12.2. The van der Waals surface area contributed by atoms with Gasteiger partial charge in [-0.25, -0.2) is 9.79 Å². The fraction of sp³-hybridized carbons (Fsp3) is 0.480. The third kappa shape index (κ3) is 7.46. The maximum absolute atomic E-state index is 12.2. The van der Waals surface area contributed by atoms with Gasteiger partial charge < -0.3 is 30.2 Å². The first kappa shape index (κ1) is 33.4. The van der Waals surface area contributed by atoms with Crippen molar-refractivity contribution >= 4 is 73.0 Å². The van der Waals surface area contributed by atoms with Crippen molar-refractivity contribution in [3.8, 4) is 0 Å². The van der Waals surface area contributed by atoms with Crippen molar-refractivity contribution < 1.29 is 44.0 Å². The van der Waals surface area contributed by atoms with Crippen molar-refractivity contribution in [2.24, 2.45) is 16.8 Å². The van der Waals surface area contributed by atoms with Gasteiger partial charge in [0.1, 0.15) is 11.2 Å². The number of pyridine rings is 1. The zero-order chi connectivity index (χ0) is 28.1. The van der Waals surface area contributed by atoms with Crippen LogP contribution in [0.4, 0.5) is 0 Å². The van der Waals surface area contributed by atoms with Crippen LogP contribution in [0, 0.1) is 11.8 Å². The smallest absolute Gasteiger partial charge is 0.875 e. The number of nitrogens with zero attached hydrogens (tertiary/aromatic N) is 2. The minimum atomic E-state index is -1.42. The average molecular weight is 556 g/mol. The second-order valence-electron chi connectivity index (χ2n) is 9.12. The van der Waals surface area contributed by atoms with Gasteiger partial charge in [-0.05, 0) is 30.9 Å². The number of carbonyl (C=O) groups is 5. The third-order valence-corrected chi connectivity index (χ3v) is 6.22. The summed E-state index contributed by atoms with van der Waals surface area (Å²) in [5.74, 6) is -5.57. The second kappa shape index (κ2) is 13.9. The molecule has 1 unspecified atom stereocenters. The van der Waals surface area contributed by atoms with E-state index in [1.165, 1.54) is 19.4 Å². The number of rotatable bonds is 7. The summed E-state index contributed by atoms with van der Waals surface area (Å²) in [7, 11) is 1.52. The Morgan fingerprint density at radius 1 is 1.21 bits per heavy atom. The van der Waals surface area contributed by atoms with Crippen LogP contribution in [-0.2, 0) is 30.5 Å². The molecule has 2 N–H and O–H groups in total. The Morgan fingerprint density at radius 3 is 2.21 bits per heavy atom. The summed E-state index contributed by atoms with van der Waals surface area (Å²) in [6.07, 6.45) is 0.970. The van der Waals surface area contributed by atoms with E-state index < -0.39 is 40.7 Å². The van der Waals surface area contributed by atoms with Crippen LogP contribution in [0.5, 0.6) is 0 Å². The van der Waals surface area contributed by atoms with Crippen LogP contribution in [0.1, 0.15) is 68.6 Å². The van der Waals surface area contributed by atoms with Crippen LogP contribution >= 0.6 is 0 Å². The maximum Gasteiger partial charge on any atom is 2.00 e. The van der Waals surface area contributed by atoms with Crippen molar-refractivity contribution in [2.45, 2.75) is 59.1 Å². The molecule has 2 aliphatic rings. The molecule has 1 saturated carbocycles. The number of carboxylic acids is 2. The molecule has 1 aromatic rings. The molecule has 1 aliphatic carbocycles. The number of aromatic nitrogens is 1. The molecule has 1 atom stereocenters. The average Bonchev–Trinajstić information content (AvgIpc) is 3.14. The monoisotopic (exact) mass is 555 g/mol. The van der Waals surface area contributed by atoms with Crippen molar-refractivity contribution in [1.29, 1.82) is 0 Å². The number of hydrogen-bond donors (Lipinski definition) is 2. The molecule has 38 heavy (non-hydrogen) atoms. The Morgan fingerprint density at radius 2 is 1.79 bits per heavy atom. The van der Waals surface area contributed by atoms with Crippen LogP contribution < -0.4 is 15.5 Å². The molecule has 12 nitrogen and oxygen atoms in total. The van der Waals surface area contributed by atoms with Gasteiger partial charge in [0.25, 0.3) is 5.91 Å². The van der Waals surface area contributed by atoms with E-state index in [2.05, 4.69) is 15.3 Å². The van der Waals surface area contributed by atoms with Crippen LogP contribution in [0.15, 0.2) is 28.6 Å². The van der Waals surface area contributed by atoms with Crippen LogP contribution in [-0.4, -0.2) is 95.7 Å². The number of carboxylic acid groups (broad SMARTS) is 2. The Kier molecular flexibility index (Phi) is 12.2. The molecule has 1 aliphatic heterocycles. The first-order valence-corrected chi connectivity index (χ1v) is 11.6. The zero-order valence-electron chi connectivity index (χ0n) is 22.0. The normalized spacial score (nSPS) is 20.7. The first-order valence-electron chi connectivity index (χ1n) is 11.6. The quantitative estimate of drug-likeness (QED) is 0.185. The Balaban J connectivity index is 0.000000397. The van der Waals surface area contributed by atoms with E-state index in [9.17, 15) is 39.3 Å². The summed E-state index contributed by atoms with van der Waals surface area (Å²) in [5.41, 5.74) is -0.486. The van der Waals surface area contributed by atoms with Gasteiger partial charge in [-0.1, -0.05) is 20.8 Å². The number of ether oxygens (including phenoxy) is 1. The number of methoxy groups -OCH3 is 1. The van der Waals surface area contributed by atoms with Crippen molar-refractivity contribution in [3.63, 3.8) is 0 Å². The third-order valence-electron chi connectivity index (χ3n) is 6.22. The number of aromatic carboxylic acids is 1. The van der Waals surface area contributed by atoms with Gasteiger partial charge in [0.15, 0.2) is 17.4 Å². The Bertz CT molecular complexity index is 1170. The van der Waals surface area contributed by atoms with Crippen molar-refractivity contribution in [2.75, 3.05) is 7.11 Å². The minimum Gasteiger partial charge on any atom is -0.875 e. The molecule has 1 aromatic heterocycles. The number of hydrogen-bond acceptors (Lipinski definition) is 10. The van der Waals surface area contributed by atoms with Crippen LogP contribution in [0.25, 0.3) is 0 Å². The summed E-state index contributed by atoms with van der Waals surface area (Å²) >= 11 is 0. The number of aliphatic carboxylic acids is 1. The van der Waals surface area contributed by atoms with Crippen molar-refractivity contribution in [1.82, 2.24) is 10.3 Å². The molecule has 200 valence electrons. The number of Topliss-reactive ketones (excluding diaryl/α,β-unsaturated/α-hetero) is 2. The molecule has 0 radical (unpaired) electrons. The number of aliphatic imine (C=N–C) groups is 1. The number of amidine groups is 1. The summed E-state index contributed by atoms with van der Waals surface area (Å²) < 4.78 is 4.98. The zero-order valence-corrected chi connectivity index (χ0v) is 24.2. The predicted octanol–water partition coefficient (Wildman–Crippen LogP) is -0.855. The molecule has 0 spiro atoms. The van der Waals surface area contributed by atoms with E-state index in [4.69, 9.17) is 4.74 Å². The number of nitrogens with one attached hydrogen (secondary N) is 1. The summed E-state index contributed by atoms with van der Waals surface area (Å²) in [5, 5.41) is 33.7. The van der Waals surface area contributed by atoms with Gasteiger partial charge in [-0.2, -0.15) is 0 Å². The van der Waals surface area contributed by atoms with E-state index >= 15 is 0 Å². The van der Waals surface area contributed by atoms with E-state index in [0.717, 1.165) is 0 Å². The first-order chi connectivity index (χ1) is 17.3. The topological polar surface area (TPSA) is 198 Å². The molecule has 0 saturated heterocycles. The molecule has 13 heteroatoms. The molecule has 0 aromatic carbocycles. The molecular formula is C25H29CaN3O9. The molecule has 1 amide bonds. The Hall–Kier alpha value is -2.67. The summed E-state index contributed by atoms with van der Waals surface area (Å²) in [4.78, 5) is 65.3. The minimum absolute atomic E-state index is 0. The number of allylic oxidation sites excluding steroid dienone is 2. The molecular weight excluding hydrogens is 526 g/mol. The van der Waals surface area contributed by atoms with Gasteiger partial charge in [0.05, 0.1) is 12.2 Å². The SMILES string of the molecule is CCC([O-])=C1C(=O)CC(C(=O)[O-])CC1=O.COCc1cnc(C2=NC(C)(C(C)C)C(=O)N2)c(C(=O)O)c1.[Ca+2]. The van der Waals surface area contributed by atoms with Crippen molar-refractivity contribution in [3.05, 3.63) is 40.4 Å². The largest absolute Gasteiger partial charge is 2.00 e.